The molecular formula is C53H72N6O16S2. The monoisotopic (exact) mass is 1110 g/mol. The van der Waals surface area contributed by atoms with E-state index in [0.717, 1.165) is 5.56 Å². The highest BCUT2D eigenvalue weighted by atomic mass is 32.2. The summed E-state index contributed by atoms with van der Waals surface area (Å²) in [5, 5.41) is 28.5. The number of carbonyl (C=O) groups excluding carboxylic acids is 7. The lowest BCUT2D eigenvalue weighted by Gasteiger charge is -2.46. The number of hydrogen-bond donors (Lipinski definition) is 6. The Balaban J connectivity index is 0.935. The number of carboxylic acids is 1. The fourth-order valence-corrected chi connectivity index (χ4v) is 12.3. The molecule has 3 fully saturated rings. The Morgan fingerprint density at radius 1 is 1.01 bits per heavy atom. The van der Waals surface area contributed by atoms with Crippen LogP contribution in [0.5, 0.6) is 11.5 Å². The summed E-state index contributed by atoms with van der Waals surface area (Å²) >= 11 is 1.30. The van der Waals surface area contributed by atoms with E-state index >= 15 is 0 Å². The number of aryl methyl sites for hydroxylation is 1. The molecule has 4 heterocycles. The number of aliphatic carboxylic acids is 1. The summed E-state index contributed by atoms with van der Waals surface area (Å²) in [4.78, 5) is 108. The minimum absolute atomic E-state index is 0.0124. The molecule has 22 nitrogen and oxygen atoms in total. The number of nitrogens with zero attached hydrogens (tertiary/aromatic N) is 2. The lowest BCUT2D eigenvalue weighted by Crippen LogP contribution is -2.63. The van der Waals surface area contributed by atoms with E-state index in [2.05, 4.69) is 16.0 Å². The number of hydrogen-bond acceptors (Lipinski definition) is 17. The van der Waals surface area contributed by atoms with Crippen LogP contribution in [0.4, 0.5) is 5.69 Å². The average molecular weight is 1110 g/mol. The van der Waals surface area contributed by atoms with Gasteiger partial charge in [-0.3, -0.25) is 28.8 Å². The van der Waals surface area contributed by atoms with Crippen LogP contribution in [0.25, 0.3) is 0 Å². The Hall–Kier alpha value is -6.08. The van der Waals surface area contributed by atoms with Crippen molar-refractivity contribution in [3.8, 4) is 11.5 Å². The summed E-state index contributed by atoms with van der Waals surface area (Å²) in [6.45, 7) is 9.17. The molecule has 0 aliphatic carbocycles. The van der Waals surface area contributed by atoms with Crippen molar-refractivity contribution < 1.29 is 75.9 Å². The Morgan fingerprint density at radius 3 is 2.44 bits per heavy atom. The number of aliphatic hydroxyl groups excluding tert-OH is 1. The molecule has 0 radical (unpaired) electrons. The van der Waals surface area contributed by atoms with Gasteiger partial charge in [0.05, 0.1) is 57.3 Å². The van der Waals surface area contributed by atoms with E-state index in [0.29, 0.717) is 67.9 Å². The molecule has 6 N–H and O–H groups in total. The maximum atomic E-state index is 13.8. The first-order valence-corrected chi connectivity index (χ1v) is 28.5. The third kappa shape index (κ3) is 14.9. The van der Waals surface area contributed by atoms with Gasteiger partial charge in [-0.25, -0.2) is 22.7 Å². The number of aliphatic hydroxyl groups is 1. The molecule has 77 heavy (non-hydrogen) atoms. The molecule has 422 valence electrons. The normalized spacial score (nSPS) is 22.1. The Morgan fingerprint density at radius 2 is 1.75 bits per heavy atom. The van der Waals surface area contributed by atoms with Crippen LogP contribution >= 0.6 is 11.8 Å². The largest absolute Gasteiger partial charge is 0.493 e. The van der Waals surface area contributed by atoms with Gasteiger partial charge >= 0.3 is 11.9 Å². The minimum atomic E-state index is -4.20. The second-order valence-corrected chi connectivity index (χ2v) is 23.6. The molecule has 2 aromatic carbocycles. The van der Waals surface area contributed by atoms with Crippen molar-refractivity contribution >= 4 is 74.7 Å². The van der Waals surface area contributed by atoms with E-state index < -0.39 is 105 Å². The smallest absolute Gasteiger partial charge is 0.353 e. The number of fused-ring (bicyclic) bond motifs is 1. The molecule has 24 heteroatoms. The van der Waals surface area contributed by atoms with Gasteiger partial charge in [0, 0.05) is 58.8 Å². The summed E-state index contributed by atoms with van der Waals surface area (Å²) in [5.74, 6) is -5.93. The first-order valence-electron chi connectivity index (χ1n) is 26.0. The van der Waals surface area contributed by atoms with Crippen LogP contribution in [0.15, 0.2) is 53.1 Å². The standard InChI is InChI=1S/C53H72N6O16S2/c1-8-53(4,5)46(62)50(66)58-22-10-9-15-38(58)52(69)75-35(19-17-32-18-20-39(72-6)40(25-32)73-7)29-74-23-21-54-41(61)16-12-24-77(70,71)57-47(63)33-13-11-14-34(26-33)56-48(64)37-27-36(28-55-37)76-45-30(2)43-42(31(3)60)49(65)59(43)44(45)51(67)68/h11,13-14,18,20,25-26,30-31,35-38,42-43,55,60H,8-10,12,15-17,19,21-24,27-29H2,1-7H3,(H,54,61)(H,56,64)(H,57,63)(H,67,68)/t30-,31-,35-,36+,37+,38+,42-,43-/m1/s1. The van der Waals surface area contributed by atoms with Crippen LogP contribution in [0, 0.1) is 17.3 Å². The first kappa shape index (κ1) is 60.2. The molecule has 0 bridgehead atoms. The van der Waals surface area contributed by atoms with Crippen molar-refractivity contribution in [1.82, 2.24) is 25.2 Å². The number of methoxy groups -OCH3 is 2. The number of amides is 5. The highest BCUT2D eigenvalue weighted by molar-refractivity contribution is 8.03. The van der Waals surface area contributed by atoms with Gasteiger partial charge in [0.25, 0.3) is 11.8 Å². The second-order valence-electron chi connectivity index (χ2n) is 20.4. The van der Waals surface area contributed by atoms with Gasteiger partial charge in [-0.15, -0.1) is 11.8 Å². The molecule has 8 atom stereocenters. The first-order chi connectivity index (χ1) is 36.5. The van der Waals surface area contributed by atoms with Crippen LogP contribution in [0.1, 0.15) is 102 Å². The van der Waals surface area contributed by atoms with E-state index in [9.17, 15) is 57.0 Å². The van der Waals surface area contributed by atoms with Gasteiger partial charge in [0.1, 0.15) is 17.8 Å². The lowest BCUT2D eigenvalue weighted by atomic mass is 9.79. The lowest BCUT2D eigenvalue weighted by molar-refractivity contribution is -0.166. The minimum Gasteiger partial charge on any atom is -0.493 e. The molecule has 4 aliphatic heterocycles. The van der Waals surface area contributed by atoms with Crippen molar-refractivity contribution in [2.45, 2.75) is 128 Å². The van der Waals surface area contributed by atoms with Gasteiger partial charge in [0.2, 0.25) is 33.5 Å². The number of carbonyl (C=O) groups is 8. The number of piperidine rings is 1. The molecule has 3 saturated heterocycles. The van der Waals surface area contributed by atoms with Crippen molar-refractivity contribution in [2.75, 3.05) is 58.1 Å². The Bertz CT molecular complexity index is 2700. The number of sulfonamides is 1. The number of β-lactam (4-membered cyclic amide) rings is 1. The van der Waals surface area contributed by atoms with Gasteiger partial charge in [-0.2, -0.15) is 0 Å². The number of ketones is 1. The van der Waals surface area contributed by atoms with Crippen molar-refractivity contribution in [2.24, 2.45) is 17.3 Å². The van der Waals surface area contributed by atoms with Crippen LogP contribution < -0.4 is 30.1 Å². The molecule has 4 aliphatic rings. The molecule has 0 saturated carbocycles. The summed E-state index contributed by atoms with van der Waals surface area (Å²) in [5.41, 5.74) is 0.0506. The molecule has 2 aromatic rings. The Kier molecular flexibility index (Phi) is 20.7. The number of carboxylic acid groups (broad SMARTS) is 1. The zero-order chi connectivity index (χ0) is 56.4. The van der Waals surface area contributed by atoms with E-state index in [1.54, 1.807) is 19.9 Å². The number of ether oxygens (including phenoxy) is 4. The third-order valence-corrected chi connectivity index (χ3v) is 17.4. The van der Waals surface area contributed by atoms with E-state index in [-0.39, 0.29) is 67.3 Å². The molecule has 6 rings (SSSR count). The molecule has 0 unspecified atom stereocenters. The fourth-order valence-electron chi connectivity index (χ4n) is 9.84. The van der Waals surface area contributed by atoms with Crippen LogP contribution in [-0.2, 0) is 59.5 Å². The average Bonchev–Trinajstić information content (AvgIpc) is 4.13. The van der Waals surface area contributed by atoms with Crippen LogP contribution in [0.2, 0.25) is 0 Å². The highest BCUT2D eigenvalue weighted by Crippen LogP contribution is 2.52. The number of likely N-dealkylation sites (tertiary alicyclic amines) is 1. The van der Waals surface area contributed by atoms with Crippen molar-refractivity contribution in [3.63, 3.8) is 0 Å². The SMILES string of the molecule is CCC(C)(C)C(=O)C(=O)N1CCCC[C@H]1C(=O)O[C@H](CCc1ccc(OC)c(OC)c1)COCCNC(=O)CCCS(=O)(=O)NC(=O)c1cccc(NC(=O)[C@@H]2C[C@H](SC3=C(C(=O)O)N4C(=O)[C@H]([C@@H](C)O)[C@H]4[C@H]3C)CN2)c1. The summed E-state index contributed by atoms with van der Waals surface area (Å²) in [6.07, 6.45) is 1.17. The summed E-state index contributed by atoms with van der Waals surface area (Å²) in [7, 11) is -1.15. The molecule has 5 amide bonds. The molecular weight excluding hydrogens is 1040 g/mol. The fraction of sp³-hybridized carbons (Fsp3) is 0.585. The number of nitrogens with one attached hydrogen (secondary N) is 4. The maximum Gasteiger partial charge on any atom is 0.353 e. The molecule has 0 spiro atoms. The zero-order valence-corrected chi connectivity index (χ0v) is 46.2. The predicted molar refractivity (Wildman–Crippen MR) is 283 cm³/mol. The van der Waals surface area contributed by atoms with Crippen molar-refractivity contribution in [1.29, 1.82) is 0 Å². The Labute approximate surface area is 453 Å². The van der Waals surface area contributed by atoms with Gasteiger partial charge in [-0.05, 0) is 94.2 Å². The van der Waals surface area contributed by atoms with E-state index in [1.807, 2.05) is 30.7 Å². The van der Waals surface area contributed by atoms with E-state index in [1.165, 1.54) is 67.0 Å². The van der Waals surface area contributed by atoms with Gasteiger partial charge in [0.15, 0.2) is 11.5 Å². The number of rotatable bonds is 27. The summed E-state index contributed by atoms with van der Waals surface area (Å²) < 4.78 is 50.5. The number of benzene rings is 2. The second kappa shape index (κ2) is 26.5. The topological polar surface area (TPSA) is 303 Å². The molecule has 0 aromatic heterocycles. The van der Waals surface area contributed by atoms with Gasteiger partial charge in [-0.1, -0.05) is 39.8 Å². The number of thioether (sulfide) groups is 1. The third-order valence-electron chi connectivity index (χ3n) is 14.6. The number of Topliss-reactive ketones (excluding diaryl/α,β-unsaturated/α-hetero) is 1. The quantitative estimate of drug-likeness (QED) is 0.0324. The highest BCUT2D eigenvalue weighted by Gasteiger charge is 2.60. The predicted octanol–water partition coefficient (Wildman–Crippen LogP) is 3.16. The van der Waals surface area contributed by atoms with Gasteiger partial charge < -0.3 is 54.9 Å². The van der Waals surface area contributed by atoms with Crippen molar-refractivity contribution in [3.05, 3.63) is 64.2 Å². The van der Waals surface area contributed by atoms with Crippen LogP contribution in [0.3, 0.4) is 0 Å². The van der Waals surface area contributed by atoms with Crippen LogP contribution in [-0.4, -0.2) is 164 Å². The maximum absolute atomic E-state index is 13.8. The zero-order valence-electron chi connectivity index (χ0n) is 44.6. The number of esters is 1. The summed E-state index contributed by atoms with van der Waals surface area (Å²) in [6, 6.07) is 9.04. The number of anilines is 1. The van der Waals surface area contributed by atoms with E-state index in [4.69, 9.17) is 18.9 Å².